The van der Waals surface area contributed by atoms with E-state index in [-0.39, 0.29) is 15.8 Å². The SMILES string of the molecule is CC(NC(=O)Nc1ccc(Br)c([N+](=O)[O-])c1)C(=O)O. The normalized spacial score (nSPS) is 11.5. The number of urea groups is 1. The molecule has 2 amide bonds. The maximum atomic E-state index is 11.4. The molecule has 1 atom stereocenters. The van der Waals surface area contributed by atoms with E-state index in [0.29, 0.717) is 0 Å². The van der Waals surface area contributed by atoms with Gasteiger partial charge in [0.2, 0.25) is 0 Å². The Labute approximate surface area is 116 Å². The highest BCUT2D eigenvalue weighted by Crippen LogP contribution is 2.27. The van der Waals surface area contributed by atoms with Gasteiger partial charge in [0.25, 0.3) is 5.69 Å². The molecule has 19 heavy (non-hydrogen) atoms. The first-order chi connectivity index (χ1) is 8.81. The summed E-state index contributed by atoms with van der Waals surface area (Å²) >= 11 is 3.01. The number of amides is 2. The predicted molar refractivity (Wildman–Crippen MR) is 70.0 cm³/mol. The van der Waals surface area contributed by atoms with Gasteiger partial charge in [-0.1, -0.05) is 0 Å². The lowest BCUT2D eigenvalue weighted by atomic mass is 10.3. The Morgan fingerprint density at radius 1 is 1.47 bits per heavy atom. The van der Waals surface area contributed by atoms with Gasteiger partial charge in [-0.2, -0.15) is 0 Å². The van der Waals surface area contributed by atoms with E-state index in [4.69, 9.17) is 5.11 Å². The van der Waals surface area contributed by atoms with Crippen LogP contribution in [0.4, 0.5) is 16.2 Å². The van der Waals surface area contributed by atoms with Crippen molar-refractivity contribution in [2.75, 3.05) is 5.32 Å². The van der Waals surface area contributed by atoms with E-state index in [9.17, 15) is 19.7 Å². The van der Waals surface area contributed by atoms with Gasteiger partial charge in [0.15, 0.2) is 0 Å². The highest BCUT2D eigenvalue weighted by atomic mass is 79.9. The van der Waals surface area contributed by atoms with Crippen LogP contribution in [0.3, 0.4) is 0 Å². The molecule has 1 aromatic carbocycles. The largest absolute Gasteiger partial charge is 0.480 e. The smallest absolute Gasteiger partial charge is 0.325 e. The predicted octanol–water partition coefficient (Wildman–Crippen LogP) is 1.95. The van der Waals surface area contributed by atoms with Gasteiger partial charge in [0.1, 0.15) is 6.04 Å². The molecule has 0 heterocycles. The second kappa shape index (κ2) is 6.14. The van der Waals surface area contributed by atoms with Crippen molar-refractivity contribution < 1.29 is 19.6 Å². The number of carbonyl (C=O) groups is 2. The monoisotopic (exact) mass is 331 g/mol. The van der Waals surface area contributed by atoms with E-state index in [1.54, 1.807) is 0 Å². The van der Waals surface area contributed by atoms with Gasteiger partial charge >= 0.3 is 12.0 Å². The van der Waals surface area contributed by atoms with Crippen molar-refractivity contribution in [1.29, 1.82) is 0 Å². The molecule has 0 aliphatic heterocycles. The fraction of sp³-hybridized carbons (Fsp3) is 0.200. The molecule has 0 radical (unpaired) electrons. The average Bonchev–Trinajstić information content (AvgIpc) is 2.30. The second-order valence-electron chi connectivity index (χ2n) is 3.58. The minimum absolute atomic E-state index is 0.185. The molecule has 102 valence electrons. The lowest BCUT2D eigenvalue weighted by Crippen LogP contribution is -2.40. The van der Waals surface area contributed by atoms with Gasteiger partial charge in [-0.05, 0) is 35.0 Å². The fourth-order valence-electron chi connectivity index (χ4n) is 1.16. The number of nitrogens with zero attached hydrogens (tertiary/aromatic N) is 1. The van der Waals surface area contributed by atoms with Gasteiger partial charge in [0.05, 0.1) is 9.40 Å². The van der Waals surface area contributed by atoms with Crippen molar-refractivity contribution in [3.63, 3.8) is 0 Å². The van der Waals surface area contributed by atoms with Crippen LogP contribution in [0.25, 0.3) is 0 Å². The summed E-state index contributed by atoms with van der Waals surface area (Å²) in [6.45, 7) is 1.30. The quantitative estimate of drug-likeness (QED) is 0.575. The third-order valence-electron chi connectivity index (χ3n) is 2.12. The standard InChI is InChI=1S/C10H10BrN3O5/c1-5(9(15)16)12-10(17)13-6-2-3-7(11)8(4-6)14(18)19/h2-5H,1H3,(H,15,16)(H2,12,13,17). The molecule has 0 fully saturated rings. The zero-order valence-electron chi connectivity index (χ0n) is 9.71. The number of aliphatic carboxylic acids is 1. The molecule has 3 N–H and O–H groups in total. The van der Waals surface area contributed by atoms with Crippen LogP contribution in [0, 0.1) is 10.1 Å². The molecule has 0 saturated heterocycles. The maximum absolute atomic E-state index is 11.4. The minimum Gasteiger partial charge on any atom is -0.480 e. The van der Waals surface area contributed by atoms with Crippen LogP contribution in [-0.4, -0.2) is 28.1 Å². The second-order valence-corrected chi connectivity index (χ2v) is 4.44. The lowest BCUT2D eigenvalue weighted by Gasteiger charge is -2.10. The zero-order chi connectivity index (χ0) is 14.6. The average molecular weight is 332 g/mol. The van der Waals surface area contributed by atoms with Crippen LogP contribution < -0.4 is 10.6 Å². The van der Waals surface area contributed by atoms with Crippen LogP contribution in [0.2, 0.25) is 0 Å². The number of nitro groups is 1. The molecule has 0 bridgehead atoms. The number of hydrogen-bond donors (Lipinski definition) is 3. The molecule has 1 aromatic rings. The number of benzene rings is 1. The number of carboxylic acid groups (broad SMARTS) is 1. The summed E-state index contributed by atoms with van der Waals surface area (Å²) in [4.78, 5) is 32.1. The maximum Gasteiger partial charge on any atom is 0.325 e. The Morgan fingerprint density at radius 3 is 2.63 bits per heavy atom. The van der Waals surface area contributed by atoms with Crippen molar-refractivity contribution in [3.05, 3.63) is 32.8 Å². The van der Waals surface area contributed by atoms with Crippen molar-refractivity contribution in [1.82, 2.24) is 5.32 Å². The molecule has 1 unspecified atom stereocenters. The van der Waals surface area contributed by atoms with Gasteiger partial charge in [-0.15, -0.1) is 0 Å². The molecular weight excluding hydrogens is 322 g/mol. The first-order valence-electron chi connectivity index (χ1n) is 5.05. The van der Waals surface area contributed by atoms with Gasteiger partial charge in [0, 0.05) is 11.8 Å². The number of carbonyl (C=O) groups excluding carboxylic acids is 1. The Bertz CT molecular complexity index is 534. The third-order valence-corrected chi connectivity index (χ3v) is 2.79. The Balaban J connectivity index is 2.78. The molecule has 0 aliphatic rings. The number of rotatable bonds is 4. The molecule has 0 spiro atoms. The Morgan fingerprint density at radius 2 is 2.11 bits per heavy atom. The van der Waals surface area contributed by atoms with Crippen molar-refractivity contribution in [3.8, 4) is 0 Å². The number of nitrogens with one attached hydrogen (secondary N) is 2. The molecule has 0 aromatic heterocycles. The van der Waals surface area contributed by atoms with E-state index in [2.05, 4.69) is 26.6 Å². The van der Waals surface area contributed by atoms with E-state index < -0.39 is 23.0 Å². The van der Waals surface area contributed by atoms with Crippen LogP contribution in [0.15, 0.2) is 22.7 Å². The summed E-state index contributed by atoms with van der Waals surface area (Å²) in [7, 11) is 0. The highest BCUT2D eigenvalue weighted by Gasteiger charge is 2.16. The molecular formula is C10H10BrN3O5. The molecule has 8 nitrogen and oxygen atoms in total. The molecule has 1 rings (SSSR count). The first-order valence-corrected chi connectivity index (χ1v) is 5.85. The Kier molecular flexibility index (Phi) is 4.81. The first kappa shape index (κ1) is 14.9. The number of hydrogen-bond acceptors (Lipinski definition) is 4. The third kappa shape index (κ3) is 4.21. The number of carboxylic acids is 1. The van der Waals surface area contributed by atoms with E-state index in [1.165, 1.54) is 19.1 Å². The van der Waals surface area contributed by atoms with Gasteiger partial charge in [-0.25, -0.2) is 4.79 Å². The Hall–Kier alpha value is -2.16. The zero-order valence-corrected chi connectivity index (χ0v) is 11.3. The number of halogens is 1. The van der Waals surface area contributed by atoms with Gasteiger partial charge in [-0.3, -0.25) is 14.9 Å². The number of anilines is 1. The molecule has 0 saturated carbocycles. The van der Waals surface area contributed by atoms with Crippen LogP contribution >= 0.6 is 15.9 Å². The van der Waals surface area contributed by atoms with Gasteiger partial charge < -0.3 is 15.7 Å². The van der Waals surface area contributed by atoms with Crippen molar-refractivity contribution in [2.24, 2.45) is 0 Å². The summed E-state index contributed by atoms with van der Waals surface area (Å²) in [5.74, 6) is -1.18. The summed E-state index contributed by atoms with van der Waals surface area (Å²) in [5, 5.41) is 23.8. The van der Waals surface area contributed by atoms with Crippen molar-refractivity contribution in [2.45, 2.75) is 13.0 Å². The summed E-state index contributed by atoms with van der Waals surface area (Å²) in [6, 6.07) is 2.20. The summed E-state index contributed by atoms with van der Waals surface area (Å²) < 4.78 is 0.280. The van der Waals surface area contributed by atoms with E-state index in [1.807, 2.05) is 0 Å². The van der Waals surface area contributed by atoms with Crippen LogP contribution in [0.5, 0.6) is 0 Å². The van der Waals surface area contributed by atoms with Crippen LogP contribution in [-0.2, 0) is 4.79 Å². The summed E-state index contributed by atoms with van der Waals surface area (Å²) in [5.41, 5.74) is -0.0194. The molecule has 0 aliphatic carbocycles. The molecule has 9 heteroatoms. The van der Waals surface area contributed by atoms with E-state index in [0.717, 1.165) is 6.07 Å². The van der Waals surface area contributed by atoms with Crippen molar-refractivity contribution >= 4 is 39.3 Å². The van der Waals surface area contributed by atoms with Crippen LogP contribution in [0.1, 0.15) is 6.92 Å². The van der Waals surface area contributed by atoms with E-state index >= 15 is 0 Å². The minimum atomic E-state index is -1.18. The fourth-order valence-corrected chi connectivity index (χ4v) is 1.55. The lowest BCUT2D eigenvalue weighted by molar-refractivity contribution is -0.385. The summed E-state index contributed by atoms with van der Waals surface area (Å²) in [6.07, 6.45) is 0. The number of nitro benzene ring substituents is 1. The highest BCUT2D eigenvalue weighted by molar-refractivity contribution is 9.10. The topological polar surface area (TPSA) is 122 Å².